The lowest BCUT2D eigenvalue weighted by Gasteiger charge is -2.45. The van der Waals surface area contributed by atoms with E-state index in [1.807, 2.05) is 25.1 Å². The summed E-state index contributed by atoms with van der Waals surface area (Å²) in [6.45, 7) is 16.9. The van der Waals surface area contributed by atoms with Gasteiger partial charge in [-0.05, 0) is 50.6 Å². The Morgan fingerprint density at radius 3 is 2.72 bits per heavy atom. The zero-order valence-electron chi connectivity index (χ0n) is 19.1. The Morgan fingerprint density at radius 2 is 1.97 bits per heavy atom. The third-order valence-electron chi connectivity index (χ3n) is 6.19. The standard InChI is InChI=1S/C25H29N5O2/c1-6-32-20-9-7-8-19(12-20)16-29-14-18(3)30(15-17(29)2)22-13-24(31)28(5)21-10-11-23(26-4)27-25(21)22/h7-13,17-18H,6,14-16H2,1-3,5H3/t17-,18+/m1/s1. The number of rotatable bonds is 5. The molecule has 1 aliphatic rings. The van der Waals surface area contributed by atoms with Crippen LogP contribution in [-0.2, 0) is 13.6 Å². The summed E-state index contributed by atoms with van der Waals surface area (Å²) < 4.78 is 7.25. The SMILES string of the molecule is [C-]#[N+]c1ccc2c(n1)c(N1C[C@@H](C)N(Cc3cccc(OCC)c3)C[C@@H]1C)cc(=O)n2C. The molecule has 0 spiro atoms. The summed E-state index contributed by atoms with van der Waals surface area (Å²) in [4.78, 5) is 25.4. The minimum absolute atomic E-state index is 0.0696. The van der Waals surface area contributed by atoms with E-state index in [9.17, 15) is 4.79 Å². The smallest absolute Gasteiger partial charge is 0.270 e. The first-order valence-corrected chi connectivity index (χ1v) is 11.0. The van der Waals surface area contributed by atoms with Crippen LogP contribution in [0.2, 0.25) is 0 Å². The summed E-state index contributed by atoms with van der Waals surface area (Å²) in [5.74, 6) is 1.24. The van der Waals surface area contributed by atoms with Crippen molar-refractivity contribution in [3.05, 3.63) is 69.8 Å². The number of nitrogens with zero attached hydrogens (tertiary/aromatic N) is 5. The van der Waals surface area contributed by atoms with E-state index in [4.69, 9.17) is 11.3 Å². The van der Waals surface area contributed by atoms with E-state index in [1.165, 1.54) is 5.56 Å². The van der Waals surface area contributed by atoms with E-state index in [-0.39, 0.29) is 17.6 Å². The molecule has 7 nitrogen and oxygen atoms in total. The highest BCUT2D eigenvalue weighted by Crippen LogP contribution is 2.30. The Morgan fingerprint density at radius 1 is 1.16 bits per heavy atom. The zero-order valence-corrected chi connectivity index (χ0v) is 19.1. The van der Waals surface area contributed by atoms with Crippen molar-refractivity contribution in [1.82, 2.24) is 14.5 Å². The van der Waals surface area contributed by atoms with Crippen molar-refractivity contribution in [2.45, 2.75) is 39.4 Å². The summed E-state index contributed by atoms with van der Waals surface area (Å²) in [6.07, 6.45) is 0. The van der Waals surface area contributed by atoms with Gasteiger partial charge in [0.2, 0.25) is 5.52 Å². The highest BCUT2D eigenvalue weighted by atomic mass is 16.5. The van der Waals surface area contributed by atoms with Gasteiger partial charge in [0.25, 0.3) is 11.4 Å². The van der Waals surface area contributed by atoms with E-state index in [1.54, 1.807) is 23.7 Å². The van der Waals surface area contributed by atoms with Gasteiger partial charge in [0.15, 0.2) is 0 Å². The summed E-state index contributed by atoms with van der Waals surface area (Å²) in [5, 5.41) is 0. The van der Waals surface area contributed by atoms with Gasteiger partial charge in [-0.15, -0.1) is 4.98 Å². The number of aromatic nitrogens is 2. The second kappa shape index (κ2) is 9.01. The predicted octanol–water partition coefficient (Wildman–Crippen LogP) is 3.98. The molecular formula is C25H29N5O2. The number of aryl methyl sites for hydroxylation is 1. The van der Waals surface area contributed by atoms with Crippen molar-refractivity contribution in [3.8, 4) is 5.75 Å². The molecule has 3 heterocycles. The van der Waals surface area contributed by atoms with E-state index >= 15 is 0 Å². The number of anilines is 1. The quantitative estimate of drug-likeness (QED) is 0.572. The monoisotopic (exact) mass is 431 g/mol. The van der Waals surface area contributed by atoms with Gasteiger partial charge >= 0.3 is 0 Å². The van der Waals surface area contributed by atoms with Crippen LogP contribution in [0.4, 0.5) is 11.5 Å². The zero-order chi connectivity index (χ0) is 22.8. The number of hydrogen-bond acceptors (Lipinski definition) is 5. The fourth-order valence-corrected chi connectivity index (χ4v) is 4.47. The topological polar surface area (TPSA) is 55.0 Å². The summed E-state index contributed by atoms with van der Waals surface area (Å²) in [7, 11) is 1.74. The van der Waals surface area contributed by atoms with Gasteiger partial charge in [-0.2, -0.15) is 0 Å². The first-order chi connectivity index (χ1) is 15.4. The van der Waals surface area contributed by atoms with Crippen LogP contribution >= 0.6 is 0 Å². The van der Waals surface area contributed by atoms with Gasteiger partial charge in [0.1, 0.15) is 5.75 Å². The molecular weight excluding hydrogens is 402 g/mol. The number of pyridine rings is 2. The fourth-order valence-electron chi connectivity index (χ4n) is 4.47. The molecule has 1 fully saturated rings. The molecule has 32 heavy (non-hydrogen) atoms. The summed E-state index contributed by atoms with van der Waals surface area (Å²) in [5.41, 5.74) is 3.42. The summed E-state index contributed by atoms with van der Waals surface area (Å²) >= 11 is 0. The first-order valence-electron chi connectivity index (χ1n) is 11.0. The Kier molecular flexibility index (Phi) is 6.15. The van der Waals surface area contributed by atoms with E-state index < -0.39 is 0 Å². The maximum Gasteiger partial charge on any atom is 0.270 e. The molecule has 2 atom stereocenters. The molecule has 0 saturated carbocycles. The Labute approximate surface area is 188 Å². The molecule has 0 radical (unpaired) electrons. The van der Waals surface area contributed by atoms with Crippen molar-refractivity contribution in [1.29, 1.82) is 0 Å². The van der Waals surface area contributed by atoms with E-state index in [2.05, 4.69) is 45.6 Å². The van der Waals surface area contributed by atoms with Crippen LogP contribution in [0.1, 0.15) is 26.3 Å². The Hall–Kier alpha value is -3.37. The first kappa shape index (κ1) is 21.8. The van der Waals surface area contributed by atoms with E-state index in [0.717, 1.165) is 36.6 Å². The maximum atomic E-state index is 12.7. The molecule has 2 aromatic heterocycles. The predicted molar refractivity (Wildman–Crippen MR) is 128 cm³/mol. The highest BCUT2D eigenvalue weighted by molar-refractivity contribution is 5.89. The van der Waals surface area contributed by atoms with Gasteiger partial charge < -0.3 is 19.0 Å². The van der Waals surface area contributed by atoms with Gasteiger partial charge in [0.05, 0.1) is 17.8 Å². The molecule has 0 aliphatic carbocycles. The van der Waals surface area contributed by atoms with E-state index in [0.29, 0.717) is 17.9 Å². The maximum absolute atomic E-state index is 12.7. The Balaban J connectivity index is 1.62. The molecule has 4 rings (SSSR count). The largest absolute Gasteiger partial charge is 0.494 e. The molecule has 7 heteroatoms. The van der Waals surface area contributed by atoms with Gasteiger partial charge in [0, 0.05) is 44.8 Å². The van der Waals surface area contributed by atoms with Crippen LogP contribution in [-0.4, -0.2) is 46.2 Å². The van der Waals surface area contributed by atoms with Crippen molar-refractivity contribution in [2.75, 3.05) is 24.6 Å². The average molecular weight is 432 g/mol. The summed E-state index contributed by atoms with van der Waals surface area (Å²) in [6, 6.07) is 13.9. The lowest BCUT2D eigenvalue weighted by molar-refractivity contribution is 0.158. The van der Waals surface area contributed by atoms with Crippen LogP contribution in [0.5, 0.6) is 5.75 Å². The third kappa shape index (κ3) is 4.19. The molecule has 166 valence electrons. The Bertz CT molecular complexity index is 1230. The minimum Gasteiger partial charge on any atom is -0.494 e. The van der Waals surface area contributed by atoms with Gasteiger partial charge in [-0.3, -0.25) is 9.69 Å². The molecule has 3 aromatic rings. The lowest BCUT2D eigenvalue weighted by atomic mass is 10.0. The van der Waals surface area contributed by atoms with Crippen molar-refractivity contribution >= 4 is 22.5 Å². The molecule has 1 aromatic carbocycles. The number of fused-ring (bicyclic) bond motifs is 1. The third-order valence-corrected chi connectivity index (χ3v) is 6.19. The fraction of sp³-hybridized carbons (Fsp3) is 0.400. The molecule has 0 unspecified atom stereocenters. The number of hydrogen-bond donors (Lipinski definition) is 0. The normalized spacial score (nSPS) is 19.2. The van der Waals surface area contributed by atoms with Gasteiger partial charge in [-0.1, -0.05) is 18.7 Å². The highest BCUT2D eigenvalue weighted by Gasteiger charge is 2.31. The lowest BCUT2D eigenvalue weighted by Crippen LogP contribution is -2.56. The van der Waals surface area contributed by atoms with Crippen molar-refractivity contribution in [2.24, 2.45) is 7.05 Å². The van der Waals surface area contributed by atoms with Gasteiger partial charge in [-0.25, -0.2) is 0 Å². The van der Waals surface area contributed by atoms with Crippen LogP contribution in [0.25, 0.3) is 15.9 Å². The minimum atomic E-state index is -0.0696. The number of ether oxygens (including phenoxy) is 1. The van der Waals surface area contributed by atoms with Crippen molar-refractivity contribution in [3.63, 3.8) is 0 Å². The van der Waals surface area contributed by atoms with Crippen LogP contribution in [0.15, 0.2) is 47.3 Å². The molecule has 0 amide bonds. The number of benzene rings is 1. The number of piperazine rings is 1. The molecule has 1 saturated heterocycles. The molecule has 0 bridgehead atoms. The van der Waals surface area contributed by atoms with Crippen LogP contribution < -0.4 is 15.2 Å². The average Bonchev–Trinajstić information content (AvgIpc) is 2.79. The van der Waals surface area contributed by atoms with Crippen molar-refractivity contribution < 1.29 is 4.74 Å². The van der Waals surface area contributed by atoms with Crippen LogP contribution in [0, 0.1) is 6.57 Å². The second-order valence-corrected chi connectivity index (χ2v) is 8.44. The van der Waals surface area contributed by atoms with Crippen LogP contribution in [0.3, 0.4) is 0 Å². The second-order valence-electron chi connectivity index (χ2n) is 8.44. The molecule has 1 aliphatic heterocycles. The molecule has 0 N–H and O–H groups in total.